The molecule has 0 N–H and O–H groups in total. The van der Waals surface area contributed by atoms with Gasteiger partial charge in [0.05, 0.1) is 63.9 Å². The van der Waals surface area contributed by atoms with Gasteiger partial charge in [0.15, 0.2) is 0 Å². The Labute approximate surface area is 673 Å². The molecule has 4 aliphatic rings. The maximum Gasteiger partial charge on any atom is 0.255 e. The van der Waals surface area contributed by atoms with E-state index in [0.717, 1.165) is 117 Å². The predicted molar refractivity (Wildman–Crippen MR) is 444 cm³/mol. The van der Waals surface area contributed by atoms with Gasteiger partial charge in [-0.15, -0.1) is 0 Å². The number of piperidine rings is 2. The number of hydrogen-bond acceptors (Lipinski definition) is 6. The Morgan fingerprint density at radius 2 is 0.757 bits per heavy atom. The summed E-state index contributed by atoms with van der Waals surface area (Å²) in [7, 11) is 0. The number of para-hydroxylation sites is 3. The van der Waals surface area contributed by atoms with Gasteiger partial charge in [-0.3, -0.25) is 43.1 Å². The highest BCUT2D eigenvalue weighted by Gasteiger charge is 2.36. The van der Waals surface area contributed by atoms with Crippen LogP contribution in [0.2, 0.25) is 30.1 Å². The van der Waals surface area contributed by atoms with E-state index in [4.69, 9.17) is 69.6 Å². The number of aromatic nitrogens is 2. The third kappa shape index (κ3) is 17.1. The summed E-state index contributed by atoms with van der Waals surface area (Å²) in [6, 6.07) is 44.2. The summed E-state index contributed by atoms with van der Waals surface area (Å²) in [6.45, 7) is 25.3. The zero-order valence-corrected chi connectivity index (χ0v) is 67.6. The van der Waals surface area contributed by atoms with Gasteiger partial charge in [0.2, 0.25) is 5.91 Å². The van der Waals surface area contributed by atoms with E-state index < -0.39 is 34.9 Å². The third-order valence-electron chi connectivity index (χ3n) is 21.9. The Bertz CT molecular complexity index is 5550. The Hall–Kier alpha value is -8.19. The SMILES string of the molecule is CC(C)(C)N1CC=C(c2cc(-c3ccc(F)cc3F)c3ccc(=O)n(-c4c(Cl)cccc4Cl)c3c2)CC1.CC(C)(C)N1CCC(c2cc(-c3ccc(F)cc3F)c3c(c2)N(c2c(Cl)cccc2Cl)C(=O)CC3)CC1.CC(C)(C)N1CCC(c2cc(-c3ccc(F)cc3F)c3ccc(=O)n(-c4c(Cl)cccc4Cl)c3c2)CC1. The number of rotatable bonds is 9. The fraction of sp³-hybridized carbons (Fsp3) is 0.300. The highest BCUT2D eigenvalue weighted by molar-refractivity contribution is 6.41. The first kappa shape index (κ1) is 80.8. The lowest BCUT2D eigenvalue weighted by atomic mass is 9.82. The van der Waals surface area contributed by atoms with Crippen molar-refractivity contribution in [2.45, 2.75) is 136 Å². The van der Waals surface area contributed by atoms with E-state index in [1.54, 1.807) is 71.6 Å². The molecule has 0 unspecified atom stereocenters. The lowest BCUT2D eigenvalue weighted by Crippen LogP contribution is -2.45. The van der Waals surface area contributed by atoms with Crippen molar-refractivity contribution in [3.8, 4) is 44.8 Å². The van der Waals surface area contributed by atoms with E-state index in [0.29, 0.717) is 103 Å². The van der Waals surface area contributed by atoms with Gasteiger partial charge < -0.3 is 0 Å². The number of fused-ring (bicyclic) bond motifs is 3. The first-order valence-electron chi connectivity index (χ1n) is 37.2. The number of nitrogens with zero attached hydrogens (tertiary/aromatic N) is 6. The monoisotopic (exact) mass is 1620 g/mol. The Kier molecular flexibility index (Phi) is 23.8. The smallest absolute Gasteiger partial charge is 0.255 e. The number of amides is 1. The lowest BCUT2D eigenvalue weighted by molar-refractivity contribution is -0.118. The Morgan fingerprint density at radius 3 is 1.16 bits per heavy atom. The van der Waals surface area contributed by atoms with Gasteiger partial charge >= 0.3 is 0 Å². The highest BCUT2D eigenvalue weighted by atomic mass is 35.5. The van der Waals surface area contributed by atoms with Crippen LogP contribution in [0, 0.1) is 34.9 Å². The van der Waals surface area contributed by atoms with Crippen molar-refractivity contribution in [1.29, 1.82) is 0 Å². The molecule has 0 spiro atoms. The van der Waals surface area contributed by atoms with E-state index in [1.807, 2.05) is 36.4 Å². The van der Waals surface area contributed by atoms with E-state index in [2.05, 4.69) is 83.1 Å². The average molecular weight is 1620 g/mol. The molecule has 9 aromatic carbocycles. The van der Waals surface area contributed by atoms with Gasteiger partial charge in [0.1, 0.15) is 34.9 Å². The number of carbonyl (C=O) groups excluding carboxylic acids is 1. The van der Waals surface area contributed by atoms with Gasteiger partial charge in [-0.1, -0.05) is 106 Å². The molecule has 21 heteroatoms. The summed E-state index contributed by atoms with van der Waals surface area (Å²) in [5.74, 6) is -3.54. The maximum atomic E-state index is 15.1. The quantitative estimate of drug-likeness (QED) is 0.134. The zero-order chi connectivity index (χ0) is 79.4. The van der Waals surface area contributed by atoms with Gasteiger partial charge in [-0.2, -0.15) is 0 Å². The molecule has 2 aromatic heterocycles. The Morgan fingerprint density at radius 1 is 0.369 bits per heavy atom. The molecule has 111 heavy (non-hydrogen) atoms. The highest BCUT2D eigenvalue weighted by Crippen LogP contribution is 2.49. The molecular weight excluding hydrogens is 1540 g/mol. The van der Waals surface area contributed by atoms with Crippen molar-refractivity contribution in [3.05, 3.63) is 284 Å². The van der Waals surface area contributed by atoms with Crippen molar-refractivity contribution in [2.24, 2.45) is 0 Å². The van der Waals surface area contributed by atoms with Crippen LogP contribution in [0.3, 0.4) is 0 Å². The molecule has 0 atom stereocenters. The van der Waals surface area contributed by atoms with E-state index >= 15 is 13.2 Å². The summed E-state index contributed by atoms with van der Waals surface area (Å²) >= 11 is 39.2. The lowest BCUT2D eigenvalue weighted by Gasteiger charge is -2.41. The minimum atomic E-state index is -0.677. The predicted octanol–water partition coefficient (Wildman–Crippen LogP) is 24.9. The first-order valence-corrected chi connectivity index (χ1v) is 39.4. The number of halogens is 12. The fourth-order valence-corrected chi connectivity index (χ4v) is 17.6. The minimum Gasteiger partial charge on any atom is -0.298 e. The molecular formula is C90H84Cl6F6N6O3. The molecule has 0 saturated carbocycles. The number of likely N-dealkylation sites (tertiary alicyclic amines) is 2. The van der Waals surface area contributed by atoms with Crippen LogP contribution in [0.25, 0.3) is 72.1 Å². The number of hydrogen-bond donors (Lipinski definition) is 0. The maximum absolute atomic E-state index is 15.1. The van der Waals surface area contributed by atoms with Gasteiger partial charge in [0.25, 0.3) is 11.1 Å². The molecule has 9 nitrogen and oxygen atoms in total. The minimum absolute atomic E-state index is 0.0368. The van der Waals surface area contributed by atoms with Crippen molar-refractivity contribution in [2.75, 3.05) is 44.2 Å². The van der Waals surface area contributed by atoms with Crippen LogP contribution in [0.5, 0.6) is 0 Å². The molecule has 2 fully saturated rings. The van der Waals surface area contributed by atoms with Gasteiger partial charge in [0, 0.05) is 93.9 Å². The molecule has 0 bridgehead atoms. The summed E-state index contributed by atoms with van der Waals surface area (Å²) in [5, 5.41) is 3.31. The number of anilines is 2. The number of pyridine rings is 2. The van der Waals surface area contributed by atoms with Gasteiger partial charge in [-0.25, -0.2) is 26.3 Å². The topological polar surface area (TPSA) is 74.0 Å². The third-order valence-corrected chi connectivity index (χ3v) is 23.7. The molecule has 2 saturated heterocycles. The van der Waals surface area contributed by atoms with Crippen LogP contribution < -0.4 is 16.0 Å². The molecule has 1 amide bonds. The van der Waals surface area contributed by atoms with E-state index in [-0.39, 0.29) is 63.0 Å². The summed E-state index contributed by atoms with van der Waals surface area (Å²) in [4.78, 5) is 48.7. The molecule has 576 valence electrons. The second-order valence-electron chi connectivity index (χ2n) is 31.8. The standard InChI is InChI=1S/C30H30Cl2F2N2O.C30H28Cl2F2N2O.C30H26Cl2F2N2O/c3*1-30(2,3)35-13-11-18(12-14-35)19-15-23(21-8-7-20(33)17-26(21)34)22-9-10-28(37)36(27(22)16-19)29-24(31)5-4-6-25(29)32/h4-8,15-18H,9-14H2,1-3H3;4-10,15-18H,11-14H2,1-3H3;4-11,15-17H,12-14H2,1-3H3. The number of carbonyl (C=O) groups is 1. The largest absolute Gasteiger partial charge is 0.298 e. The van der Waals surface area contributed by atoms with Crippen LogP contribution in [-0.2, 0) is 11.2 Å². The molecule has 15 rings (SSSR count). The molecule has 0 aliphatic carbocycles. The van der Waals surface area contributed by atoms with Crippen LogP contribution in [-0.4, -0.2) is 85.6 Å². The number of benzene rings is 9. The van der Waals surface area contributed by atoms with Crippen molar-refractivity contribution in [3.63, 3.8) is 0 Å². The van der Waals surface area contributed by atoms with Crippen molar-refractivity contribution < 1.29 is 31.1 Å². The summed E-state index contributed by atoms with van der Waals surface area (Å²) < 4.78 is 89.6. The zero-order valence-electron chi connectivity index (χ0n) is 63.0. The van der Waals surface area contributed by atoms with Crippen LogP contribution in [0.1, 0.15) is 135 Å². The summed E-state index contributed by atoms with van der Waals surface area (Å²) in [5.41, 5.74) is 10.1. The first-order chi connectivity index (χ1) is 52.6. The fourth-order valence-electron chi connectivity index (χ4n) is 15.9. The van der Waals surface area contributed by atoms with Crippen LogP contribution >= 0.6 is 69.6 Å². The summed E-state index contributed by atoms with van der Waals surface area (Å²) in [6.07, 6.45) is 7.39. The Balaban J connectivity index is 0.000000146. The second kappa shape index (κ2) is 32.7. The molecule has 11 aromatic rings. The van der Waals surface area contributed by atoms with Gasteiger partial charge in [-0.05, 0) is 293 Å². The molecule has 4 aliphatic heterocycles. The second-order valence-corrected chi connectivity index (χ2v) is 34.3. The van der Waals surface area contributed by atoms with E-state index in [9.17, 15) is 27.6 Å². The normalized spacial score (nSPS) is 15.8. The van der Waals surface area contributed by atoms with Crippen LogP contribution in [0.15, 0.2) is 186 Å². The van der Waals surface area contributed by atoms with Crippen molar-refractivity contribution in [1.82, 2.24) is 23.8 Å². The van der Waals surface area contributed by atoms with E-state index in [1.165, 1.54) is 57.7 Å². The van der Waals surface area contributed by atoms with Crippen LogP contribution in [0.4, 0.5) is 37.7 Å². The van der Waals surface area contributed by atoms with Crippen molar-refractivity contribution >= 4 is 114 Å². The average Bonchev–Trinajstić information content (AvgIpc) is 0.754. The molecule has 6 heterocycles. The molecule has 0 radical (unpaired) electrons.